The maximum absolute atomic E-state index is 11.6. The molecule has 88 valence electrons. The van der Waals surface area contributed by atoms with E-state index in [0.29, 0.717) is 17.1 Å². The van der Waals surface area contributed by atoms with Crippen molar-refractivity contribution in [3.8, 4) is 0 Å². The highest BCUT2D eigenvalue weighted by molar-refractivity contribution is 9.10. The highest BCUT2D eigenvalue weighted by Crippen LogP contribution is 2.32. The molecule has 1 heterocycles. The first-order valence-corrected chi connectivity index (χ1v) is 6.41. The molecule has 0 spiro atoms. The van der Waals surface area contributed by atoms with Crippen molar-refractivity contribution >= 4 is 15.9 Å². The molecule has 1 atom stereocenters. The topological polar surface area (TPSA) is 46.9 Å². The summed E-state index contributed by atoms with van der Waals surface area (Å²) in [5.41, 5.74) is -0.0177. The van der Waals surface area contributed by atoms with Crippen LogP contribution in [0.1, 0.15) is 19.8 Å². The van der Waals surface area contributed by atoms with Crippen molar-refractivity contribution in [2.75, 3.05) is 6.54 Å². The minimum Gasteiger partial charge on any atom is -0.312 e. The summed E-state index contributed by atoms with van der Waals surface area (Å²) >= 11 is 3.18. The van der Waals surface area contributed by atoms with Crippen LogP contribution >= 0.6 is 15.9 Å². The highest BCUT2D eigenvalue weighted by atomic mass is 79.9. The van der Waals surface area contributed by atoms with Crippen LogP contribution in [0.4, 0.5) is 0 Å². The summed E-state index contributed by atoms with van der Waals surface area (Å²) in [6.07, 6.45) is 5.79. The van der Waals surface area contributed by atoms with Gasteiger partial charge in [-0.1, -0.05) is 0 Å². The normalized spacial score (nSPS) is 17.4. The molecule has 1 unspecified atom stereocenters. The third kappa shape index (κ3) is 2.92. The zero-order valence-corrected chi connectivity index (χ0v) is 10.9. The minimum absolute atomic E-state index is 0.0177. The molecule has 16 heavy (non-hydrogen) atoms. The third-order valence-corrected chi connectivity index (χ3v) is 3.55. The maximum atomic E-state index is 11.6. The van der Waals surface area contributed by atoms with Gasteiger partial charge in [0.15, 0.2) is 0 Å². The van der Waals surface area contributed by atoms with Crippen molar-refractivity contribution < 1.29 is 0 Å². The molecule has 1 saturated carbocycles. The van der Waals surface area contributed by atoms with Crippen LogP contribution in [-0.4, -0.2) is 22.1 Å². The van der Waals surface area contributed by atoms with Gasteiger partial charge in [-0.3, -0.25) is 9.36 Å². The smallest absolute Gasteiger partial charge is 0.267 e. The third-order valence-electron chi connectivity index (χ3n) is 3.01. The number of rotatable bonds is 5. The van der Waals surface area contributed by atoms with E-state index in [1.807, 2.05) is 0 Å². The van der Waals surface area contributed by atoms with Crippen LogP contribution in [0.5, 0.6) is 0 Å². The Morgan fingerprint density at radius 1 is 1.69 bits per heavy atom. The first-order chi connectivity index (χ1) is 7.68. The van der Waals surface area contributed by atoms with Gasteiger partial charge in [0.25, 0.3) is 5.56 Å². The monoisotopic (exact) mass is 285 g/mol. The van der Waals surface area contributed by atoms with Gasteiger partial charge in [-0.05, 0) is 41.6 Å². The zero-order chi connectivity index (χ0) is 11.5. The van der Waals surface area contributed by atoms with Gasteiger partial charge < -0.3 is 5.32 Å². The SMILES string of the molecule is CC(NCCn1cncc(Br)c1=O)C1CC1. The average molecular weight is 286 g/mol. The fourth-order valence-corrected chi connectivity index (χ4v) is 2.10. The molecule has 4 nitrogen and oxygen atoms in total. The lowest BCUT2D eigenvalue weighted by molar-refractivity contribution is 0.470. The average Bonchev–Trinajstić information content (AvgIpc) is 3.07. The molecule has 0 aromatic carbocycles. The molecule has 0 bridgehead atoms. The second-order valence-corrected chi connectivity index (χ2v) is 5.17. The molecule has 1 aliphatic rings. The van der Waals surface area contributed by atoms with Gasteiger partial charge in [0.1, 0.15) is 4.47 Å². The molecule has 1 aliphatic carbocycles. The van der Waals surface area contributed by atoms with Gasteiger partial charge in [-0.2, -0.15) is 0 Å². The first kappa shape index (κ1) is 11.8. The summed E-state index contributed by atoms with van der Waals surface area (Å²) in [5.74, 6) is 0.845. The molecular weight excluding hydrogens is 270 g/mol. The molecule has 0 radical (unpaired) electrons. The quantitative estimate of drug-likeness (QED) is 0.890. The van der Waals surface area contributed by atoms with Gasteiger partial charge in [0.2, 0.25) is 0 Å². The van der Waals surface area contributed by atoms with Crippen LogP contribution in [0.3, 0.4) is 0 Å². The molecule has 0 saturated heterocycles. The van der Waals surface area contributed by atoms with Crippen LogP contribution < -0.4 is 10.9 Å². The van der Waals surface area contributed by atoms with Crippen molar-refractivity contribution in [2.45, 2.75) is 32.4 Å². The van der Waals surface area contributed by atoms with E-state index in [1.54, 1.807) is 10.9 Å². The number of nitrogens with zero attached hydrogens (tertiary/aromatic N) is 2. The first-order valence-electron chi connectivity index (χ1n) is 5.62. The van der Waals surface area contributed by atoms with E-state index in [0.717, 1.165) is 12.5 Å². The van der Waals surface area contributed by atoms with Crippen LogP contribution in [0, 0.1) is 5.92 Å². The molecule has 1 N–H and O–H groups in total. The minimum atomic E-state index is -0.0177. The fraction of sp³-hybridized carbons (Fsp3) is 0.636. The van der Waals surface area contributed by atoms with E-state index < -0.39 is 0 Å². The van der Waals surface area contributed by atoms with Crippen LogP contribution in [0.2, 0.25) is 0 Å². The largest absolute Gasteiger partial charge is 0.312 e. The van der Waals surface area contributed by atoms with Crippen LogP contribution in [-0.2, 0) is 6.54 Å². The maximum Gasteiger partial charge on any atom is 0.267 e. The molecule has 1 fully saturated rings. The summed E-state index contributed by atoms with van der Waals surface area (Å²) in [5, 5.41) is 3.44. The Kier molecular flexibility index (Phi) is 3.76. The highest BCUT2D eigenvalue weighted by Gasteiger charge is 2.27. The predicted octanol–water partition coefficient (Wildman–Crippen LogP) is 1.39. The van der Waals surface area contributed by atoms with Gasteiger partial charge >= 0.3 is 0 Å². The zero-order valence-electron chi connectivity index (χ0n) is 9.32. The van der Waals surface area contributed by atoms with Gasteiger partial charge in [0, 0.05) is 25.3 Å². The molecule has 0 aliphatic heterocycles. The van der Waals surface area contributed by atoms with Gasteiger partial charge in [-0.25, -0.2) is 4.98 Å². The lowest BCUT2D eigenvalue weighted by atomic mass is 10.2. The van der Waals surface area contributed by atoms with Crippen molar-refractivity contribution in [1.29, 1.82) is 0 Å². The Labute approximate surface area is 103 Å². The summed E-state index contributed by atoms with van der Waals surface area (Å²) in [7, 11) is 0. The molecule has 5 heteroatoms. The Morgan fingerprint density at radius 3 is 3.12 bits per heavy atom. The number of nitrogens with one attached hydrogen (secondary N) is 1. The lowest BCUT2D eigenvalue weighted by Crippen LogP contribution is -2.33. The van der Waals surface area contributed by atoms with Crippen LogP contribution in [0.25, 0.3) is 0 Å². The van der Waals surface area contributed by atoms with E-state index in [9.17, 15) is 4.79 Å². The lowest BCUT2D eigenvalue weighted by Gasteiger charge is -2.13. The van der Waals surface area contributed by atoms with Gasteiger partial charge in [0.05, 0.1) is 6.33 Å². The summed E-state index contributed by atoms with van der Waals surface area (Å²) in [6.45, 7) is 3.69. The Balaban J connectivity index is 1.84. The Hall–Kier alpha value is -0.680. The molecule has 0 amide bonds. The number of hydrogen-bond donors (Lipinski definition) is 1. The fourth-order valence-electron chi connectivity index (χ4n) is 1.76. The number of halogens is 1. The summed E-state index contributed by atoms with van der Waals surface area (Å²) in [6, 6.07) is 0.566. The summed E-state index contributed by atoms with van der Waals surface area (Å²) in [4.78, 5) is 15.6. The van der Waals surface area contributed by atoms with E-state index in [4.69, 9.17) is 0 Å². The number of aromatic nitrogens is 2. The predicted molar refractivity (Wildman–Crippen MR) is 66.4 cm³/mol. The second kappa shape index (κ2) is 5.10. The Bertz CT molecular complexity index is 414. The van der Waals surface area contributed by atoms with Gasteiger partial charge in [-0.15, -0.1) is 0 Å². The van der Waals surface area contributed by atoms with E-state index >= 15 is 0 Å². The van der Waals surface area contributed by atoms with Crippen molar-refractivity contribution in [2.24, 2.45) is 5.92 Å². The van der Waals surface area contributed by atoms with Crippen LogP contribution in [0.15, 0.2) is 21.8 Å². The second-order valence-electron chi connectivity index (χ2n) is 4.32. The number of hydrogen-bond acceptors (Lipinski definition) is 3. The molecule has 2 rings (SSSR count). The van der Waals surface area contributed by atoms with E-state index in [2.05, 4.69) is 33.2 Å². The summed E-state index contributed by atoms with van der Waals surface area (Å²) < 4.78 is 2.14. The molecule has 1 aromatic heterocycles. The molecule has 1 aromatic rings. The standard InChI is InChI=1S/C11H16BrN3O/c1-8(9-2-3-9)14-4-5-15-7-13-6-10(12)11(15)16/h6-9,14H,2-5H2,1H3. The van der Waals surface area contributed by atoms with E-state index in [-0.39, 0.29) is 5.56 Å². The Morgan fingerprint density at radius 2 is 2.44 bits per heavy atom. The van der Waals surface area contributed by atoms with E-state index in [1.165, 1.54) is 19.0 Å². The van der Waals surface area contributed by atoms with Crippen molar-refractivity contribution in [1.82, 2.24) is 14.9 Å². The van der Waals surface area contributed by atoms with Crippen molar-refractivity contribution in [3.63, 3.8) is 0 Å². The van der Waals surface area contributed by atoms with Crippen molar-refractivity contribution in [3.05, 3.63) is 27.4 Å². The molecular formula is C11H16BrN3O.